The van der Waals surface area contributed by atoms with Crippen LogP contribution in [-0.2, 0) is 11.3 Å². The zero-order chi connectivity index (χ0) is 17.6. The van der Waals surface area contributed by atoms with Gasteiger partial charge in [0.25, 0.3) is 0 Å². The zero-order valence-corrected chi connectivity index (χ0v) is 15.8. The lowest BCUT2D eigenvalue weighted by Gasteiger charge is -2.28. The van der Waals surface area contributed by atoms with Crippen molar-refractivity contribution < 1.29 is 4.74 Å². The van der Waals surface area contributed by atoms with Crippen molar-refractivity contribution in [3.05, 3.63) is 58.9 Å². The maximum absolute atomic E-state index is 6.30. The van der Waals surface area contributed by atoms with E-state index in [1.54, 1.807) is 6.20 Å². The zero-order valence-electron chi connectivity index (χ0n) is 14.2. The molecular weight excluding hydrogens is 354 g/mol. The summed E-state index contributed by atoms with van der Waals surface area (Å²) < 4.78 is 5.79. The smallest absolute Gasteiger partial charge is 0.173 e. The van der Waals surface area contributed by atoms with Crippen LogP contribution in [0.1, 0.15) is 24.1 Å². The third kappa shape index (κ3) is 5.14. The predicted molar refractivity (Wildman–Crippen MR) is 106 cm³/mol. The van der Waals surface area contributed by atoms with E-state index in [0.29, 0.717) is 16.7 Å². The van der Waals surface area contributed by atoms with Gasteiger partial charge in [0.05, 0.1) is 29.1 Å². The normalized spacial score (nSPS) is 16.6. The summed E-state index contributed by atoms with van der Waals surface area (Å²) in [7, 11) is 0. The Morgan fingerprint density at radius 3 is 3.00 bits per heavy atom. The first-order valence-corrected chi connectivity index (χ1v) is 9.24. The van der Waals surface area contributed by atoms with Gasteiger partial charge < -0.3 is 15.0 Å². The molecule has 1 aromatic heterocycles. The fourth-order valence-corrected chi connectivity index (χ4v) is 3.28. The van der Waals surface area contributed by atoms with Crippen LogP contribution in [-0.4, -0.2) is 34.3 Å². The van der Waals surface area contributed by atoms with Crippen molar-refractivity contribution in [3.63, 3.8) is 0 Å². The highest BCUT2D eigenvalue weighted by molar-refractivity contribution is 7.80. The summed E-state index contributed by atoms with van der Waals surface area (Å²) in [5.74, 6) is 0. The molecule has 0 amide bonds. The van der Waals surface area contributed by atoms with Crippen LogP contribution in [0.4, 0.5) is 5.69 Å². The van der Waals surface area contributed by atoms with Crippen molar-refractivity contribution in [2.24, 2.45) is 0 Å². The van der Waals surface area contributed by atoms with Crippen LogP contribution in [0.3, 0.4) is 0 Å². The largest absolute Gasteiger partial charge is 0.376 e. The van der Waals surface area contributed by atoms with Crippen LogP contribution in [0.2, 0.25) is 5.02 Å². The summed E-state index contributed by atoms with van der Waals surface area (Å²) in [5, 5.41) is 4.58. The number of thiocarbonyl (C=S) groups is 1. The third-order valence-electron chi connectivity index (χ3n) is 4.18. The number of anilines is 1. The summed E-state index contributed by atoms with van der Waals surface area (Å²) >= 11 is 12.0. The molecule has 3 rings (SSSR count). The Kier molecular flexibility index (Phi) is 6.24. The van der Waals surface area contributed by atoms with Crippen molar-refractivity contribution in [3.8, 4) is 0 Å². The fourth-order valence-electron chi connectivity index (χ4n) is 2.87. The van der Waals surface area contributed by atoms with Crippen LogP contribution in [0, 0.1) is 6.92 Å². The Bertz CT molecular complexity index is 720. The van der Waals surface area contributed by atoms with Crippen molar-refractivity contribution in [2.75, 3.05) is 18.5 Å². The van der Waals surface area contributed by atoms with Gasteiger partial charge in [-0.2, -0.15) is 0 Å². The third-order valence-corrected chi connectivity index (χ3v) is 4.87. The molecular formula is C19H22ClN3OS. The van der Waals surface area contributed by atoms with Crippen LogP contribution >= 0.6 is 23.8 Å². The monoisotopic (exact) mass is 375 g/mol. The first kappa shape index (κ1) is 18.1. The van der Waals surface area contributed by atoms with Crippen LogP contribution in [0.15, 0.2) is 42.6 Å². The second-order valence-electron chi connectivity index (χ2n) is 6.25. The molecule has 0 bridgehead atoms. The van der Waals surface area contributed by atoms with E-state index in [1.165, 1.54) is 0 Å². The Morgan fingerprint density at radius 2 is 2.28 bits per heavy atom. The van der Waals surface area contributed by atoms with E-state index in [0.717, 1.165) is 42.9 Å². The summed E-state index contributed by atoms with van der Waals surface area (Å²) in [6.07, 6.45) is 4.17. The van der Waals surface area contributed by atoms with E-state index in [4.69, 9.17) is 28.6 Å². The molecule has 1 unspecified atom stereocenters. The number of hydrogen-bond acceptors (Lipinski definition) is 3. The number of ether oxygens (including phenoxy) is 1. The molecule has 2 heterocycles. The van der Waals surface area contributed by atoms with E-state index in [2.05, 4.69) is 15.2 Å². The van der Waals surface area contributed by atoms with Crippen molar-refractivity contribution in [1.29, 1.82) is 0 Å². The highest BCUT2D eigenvalue weighted by atomic mass is 35.5. The lowest BCUT2D eigenvalue weighted by atomic mass is 10.2. The van der Waals surface area contributed by atoms with Gasteiger partial charge in [-0.3, -0.25) is 4.98 Å². The number of benzene rings is 1. The number of hydrogen-bond donors (Lipinski definition) is 1. The minimum atomic E-state index is 0.205. The summed E-state index contributed by atoms with van der Waals surface area (Å²) in [5.41, 5.74) is 2.93. The number of aromatic nitrogens is 1. The molecule has 0 spiro atoms. The fraction of sp³-hybridized carbons (Fsp3) is 0.368. The quantitative estimate of drug-likeness (QED) is 0.783. The topological polar surface area (TPSA) is 37.4 Å². The maximum Gasteiger partial charge on any atom is 0.173 e. The minimum Gasteiger partial charge on any atom is -0.376 e. The average Bonchev–Trinajstić information content (AvgIpc) is 3.11. The highest BCUT2D eigenvalue weighted by Crippen LogP contribution is 2.24. The standard InChI is InChI=1S/C19H22ClN3OS/c1-14-7-8-17(20)18(11-14)22-19(25)23(13-16-6-4-10-24-16)12-15-5-2-3-9-21-15/h2-3,5,7-9,11,16H,4,6,10,12-13H2,1H3,(H,22,25). The highest BCUT2D eigenvalue weighted by Gasteiger charge is 2.21. The molecule has 0 aliphatic carbocycles. The Morgan fingerprint density at radius 1 is 1.40 bits per heavy atom. The molecule has 1 atom stereocenters. The van der Waals surface area contributed by atoms with Gasteiger partial charge >= 0.3 is 0 Å². The van der Waals surface area contributed by atoms with Gasteiger partial charge in [-0.1, -0.05) is 23.7 Å². The van der Waals surface area contributed by atoms with Gasteiger partial charge in [0.2, 0.25) is 0 Å². The van der Waals surface area contributed by atoms with Gasteiger partial charge in [0.1, 0.15) is 0 Å². The SMILES string of the molecule is Cc1ccc(Cl)c(NC(=S)N(Cc2ccccn2)CC2CCCO2)c1. The molecule has 132 valence electrons. The van der Waals surface area contributed by atoms with Gasteiger partial charge in [0, 0.05) is 19.3 Å². The molecule has 1 aliphatic rings. The van der Waals surface area contributed by atoms with Crippen molar-refractivity contribution in [1.82, 2.24) is 9.88 Å². The molecule has 1 N–H and O–H groups in total. The number of pyridine rings is 1. The second-order valence-corrected chi connectivity index (χ2v) is 7.04. The van der Waals surface area contributed by atoms with Crippen molar-refractivity contribution in [2.45, 2.75) is 32.4 Å². The summed E-state index contributed by atoms with van der Waals surface area (Å²) in [6.45, 7) is 4.23. The van der Waals surface area contributed by atoms with Crippen LogP contribution < -0.4 is 5.32 Å². The number of rotatable bonds is 5. The lowest BCUT2D eigenvalue weighted by molar-refractivity contribution is 0.0903. The van der Waals surface area contributed by atoms with E-state index in [1.807, 2.05) is 43.3 Å². The Balaban J connectivity index is 1.74. The van der Waals surface area contributed by atoms with Gasteiger partial charge in [-0.15, -0.1) is 0 Å². The number of aryl methyl sites for hydroxylation is 1. The minimum absolute atomic E-state index is 0.205. The molecule has 25 heavy (non-hydrogen) atoms. The Labute approximate surface area is 159 Å². The Hall–Kier alpha value is -1.69. The lowest BCUT2D eigenvalue weighted by Crippen LogP contribution is -2.39. The maximum atomic E-state index is 6.30. The molecule has 1 saturated heterocycles. The van der Waals surface area contributed by atoms with Crippen LogP contribution in [0.25, 0.3) is 0 Å². The first-order chi connectivity index (χ1) is 12.1. The number of nitrogens with one attached hydrogen (secondary N) is 1. The molecule has 1 aliphatic heterocycles. The average molecular weight is 376 g/mol. The molecule has 1 fully saturated rings. The molecule has 1 aromatic carbocycles. The van der Waals surface area contributed by atoms with Gasteiger partial charge in [-0.25, -0.2) is 0 Å². The molecule has 2 aromatic rings. The molecule has 6 heteroatoms. The summed E-state index contributed by atoms with van der Waals surface area (Å²) in [4.78, 5) is 6.52. The van der Waals surface area contributed by atoms with Crippen molar-refractivity contribution >= 4 is 34.6 Å². The van der Waals surface area contributed by atoms with Gasteiger partial charge in [0.15, 0.2) is 5.11 Å². The van der Waals surface area contributed by atoms with E-state index in [-0.39, 0.29) is 6.10 Å². The molecule has 4 nitrogen and oxygen atoms in total. The summed E-state index contributed by atoms with van der Waals surface area (Å²) in [6, 6.07) is 11.8. The van der Waals surface area contributed by atoms with E-state index >= 15 is 0 Å². The molecule has 0 saturated carbocycles. The predicted octanol–water partition coefficient (Wildman–Crippen LogP) is 4.42. The van der Waals surface area contributed by atoms with E-state index < -0.39 is 0 Å². The van der Waals surface area contributed by atoms with E-state index in [9.17, 15) is 0 Å². The molecule has 0 radical (unpaired) electrons. The second kappa shape index (κ2) is 8.61. The number of halogens is 1. The number of nitrogens with zero attached hydrogens (tertiary/aromatic N) is 2. The first-order valence-electron chi connectivity index (χ1n) is 8.45. The van der Waals surface area contributed by atoms with Gasteiger partial charge in [-0.05, 0) is 61.8 Å². The van der Waals surface area contributed by atoms with Crippen LogP contribution in [0.5, 0.6) is 0 Å².